The molecule has 0 aromatic carbocycles. The van der Waals surface area contributed by atoms with Crippen molar-refractivity contribution < 1.29 is 15.0 Å². The van der Waals surface area contributed by atoms with Crippen LogP contribution in [0.15, 0.2) is 0 Å². The first-order chi connectivity index (χ1) is 6.60. The minimum atomic E-state index is -0.555. The van der Waals surface area contributed by atoms with Gasteiger partial charge in [-0.15, -0.1) is 0 Å². The van der Waals surface area contributed by atoms with E-state index in [4.69, 9.17) is 0 Å². The fraction of sp³-hybridized carbons (Fsp3) is 0.900. The molecule has 0 radical (unpaired) electrons. The van der Waals surface area contributed by atoms with Crippen molar-refractivity contribution in [3.8, 4) is 0 Å². The maximum atomic E-state index is 11.5. The molecule has 0 aromatic rings. The quantitative estimate of drug-likeness (QED) is 0.672. The van der Waals surface area contributed by atoms with Gasteiger partial charge in [0.25, 0.3) is 0 Å². The molecule has 1 aliphatic rings. The third-order valence-electron chi connectivity index (χ3n) is 3.03. The van der Waals surface area contributed by atoms with Crippen molar-refractivity contribution in [2.75, 3.05) is 13.2 Å². The minimum Gasteiger partial charge on any atom is -0.394 e. The summed E-state index contributed by atoms with van der Waals surface area (Å²) in [4.78, 5) is 13.1. The summed E-state index contributed by atoms with van der Waals surface area (Å²) in [6.45, 7) is 4.39. The van der Waals surface area contributed by atoms with Crippen molar-refractivity contribution in [3.05, 3.63) is 0 Å². The van der Waals surface area contributed by atoms with Gasteiger partial charge in [-0.3, -0.25) is 4.79 Å². The van der Waals surface area contributed by atoms with Gasteiger partial charge in [-0.25, -0.2) is 0 Å². The van der Waals surface area contributed by atoms with Crippen LogP contribution in [0.3, 0.4) is 0 Å². The van der Waals surface area contributed by atoms with E-state index < -0.39 is 6.10 Å². The van der Waals surface area contributed by atoms with Crippen molar-refractivity contribution >= 4 is 5.91 Å². The van der Waals surface area contributed by atoms with E-state index in [1.165, 1.54) is 0 Å². The summed E-state index contributed by atoms with van der Waals surface area (Å²) < 4.78 is 0. The number of rotatable bonds is 4. The third kappa shape index (κ3) is 2.25. The fourth-order valence-corrected chi connectivity index (χ4v) is 1.89. The lowest BCUT2D eigenvalue weighted by atomic mass is 9.98. The average molecular weight is 201 g/mol. The number of nitrogens with zero attached hydrogens (tertiary/aromatic N) is 1. The van der Waals surface area contributed by atoms with E-state index in [0.717, 1.165) is 6.42 Å². The first-order valence-corrected chi connectivity index (χ1v) is 5.18. The van der Waals surface area contributed by atoms with Crippen LogP contribution in [-0.2, 0) is 4.79 Å². The molecule has 1 aliphatic heterocycles. The van der Waals surface area contributed by atoms with Crippen molar-refractivity contribution in [2.24, 2.45) is 5.92 Å². The number of aliphatic hydroxyl groups excluding tert-OH is 2. The van der Waals surface area contributed by atoms with Crippen LogP contribution in [0.4, 0.5) is 0 Å². The smallest absolute Gasteiger partial charge is 0.225 e. The first-order valence-electron chi connectivity index (χ1n) is 5.18. The predicted octanol–water partition coefficient (Wildman–Crippen LogP) is -0.0134. The molecule has 1 unspecified atom stereocenters. The summed E-state index contributed by atoms with van der Waals surface area (Å²) in [5.74, 6) is 0.228. The van der Waals surface area contributed by atoms with E-state index in [-0.39, 0.29) is 30.9 Å². The second-order valence-electron chi connectivity index (χ2n) is 4.04. The first kappa shape index (κ1) is 11.5. The highest BCUT2D eigenvalue weighted by Crippen LogP contribution is 2.20. The molecule has 0 bridgehead atoms. The molecule has 1 heterocycles. The molecule has 2 N–H and O–H groups in total. The number of β-amino-alcohol motifs (C(OH)–C–C–N with tert-alkyl or cyclic N) is 1. The lowest BCUT2D eigenvalue weighted by molar-refractivity contribution is -0.131. The van der Waals surface area contributed by atoms with Crippen LogP contribution < -0.4 is 0 Å². The summed E-state index contributed by atoms with van der Waals surface area (Å²) in [5.41, 5.74) is 0. The van der Waals surface area contributed by atoms with Crippen molar-refractivity contribution in [1.82, 2.24) is 4.90 Å². The van der Waals surface area contributed by atoms with Gasteiger partial charge in [0.2, 0.25) is 5.91 Å². The maximum Gasteiger partial charge on any atom is 0.225 e. The van der Waals surface area contributed by atoms with Crippen LogP contribution in [0.25, 0.3) is 0 Å². The van der Waals surface area contributed by atoms with E-state index in [2.05, 4.69) is 0 Å². The van der Waals surface area contributed by atoms with Gasteiger partial charge in [-0.1, -0.05) is 20.3 Å². The lowest BCUT2D eigenvalue weighted by Crippen LogP contribution is -2.43. The molecular formula is C10H19NO3. The van der Waals surface area contributed by atoms with Crippen LogP contribution in [0.5, 0.6) is 0 Å². The Balaban J connectivity index is 2.65. The Kier molecular flexibility index (Phi) is 3.89. The fourth-order valence-electron chi connectivity index (χ4n) is 1.89. The van der Waals surface area contributed by atoms with Crippen molar-refractivity contribution in [3.63, 3.8) is 0 Å². The Hall–Kier alpha value is -0.610. The highest BCUT2D eigenvalue weighted by molar-refractivity contribution is 5.79. The van der Waals surface area contributed by atoms with Gasteiger partial charge in [0.15, 0.2) is 0 Å². The van der Waals surface area contributed by atoms with Crippen LogP contribution in [0, 0.1) is 5.92 Å². The number of aliphatic hydroxyl groups is 2. The zero-order valence-electron chi connectivity index (χ0n) is 8.81. The molecular weight excluding hydrogens is 182 g/mol. The van der Waals surface area contributed by atoms with Crippen LogP contribution >= 0.6 is 0 Å². The zero-order valence-corrected chi connectivity index (χ0v) is 8.81. The topological polar surface area (TPSA) is 60.8 Å². The van der Waals surface area contributed by atoms with E-state index in [0.29, 0.717) is 6.54 Å². The van der Waals surface area contributed by atoms with Crippen LogP contribution in [-0.4, -0.2) is 46.3 Å². The second-order valence-corrected chi connectivity index (χ2v) is 4.04. The Bertz CT molecular complexity index is 208. The van der Waals surface area contributed by atoms with Gasteiger partial charge < -0.3 is 15.1 Å². The second kappa shape index (κ2) is 4.75. The molecule has 1 rings (SSSR count). The molecule has 0 aromatic heterocycles. The number of likely N-dealkylation sites (tertiary alicyclic amines) is 1. The summed E-state index contributed by atoms with van der Waals surface area (Å²) in [5, 5.41) is 18.5. The van der Waals surface area contributed by atoms with E-state index in [1.807, 2.05) is 13.8 Å². The Morgan fingerprint density at radius 2 is 2.29 bits per heavy atom. The van der Waals surface area contributed by atoms with Gasteiger partial charge >= 0.3 is 0 Å². The normalized spacial score (nSPS) is 26.7. The van der Waals surface area contributed by atoms with Gasteiger partial charge in [0.05, 0.1) is 25.2 Å². The molecule has 1 amide bonds. The van der Waals surface area contributed by atoms with Gasteiger partial charge in [-0.05, 0) is 5.92 Å². The Morgan fingerprint density at radius 1 is 1.64 bits per heavy atom. The average Bonchev–Trinajstić information content (AvgIpc) is 2.47. The molecule has 0 saturated carbocycles. The number of carbonyl (C=O) groups excluding carboxylic acids is 1. The molecule has 4 nitrogen and oxygen atoms in total. The minimum absolute atomic E-state index is 0.0204. The molecule has 1 fully saturated rings. The van der Waals surface area contributed by atoms with Gasteiger partial charge in [0.1, 0.15) is 0 Å². The molecule has 3 atom stereocenters. The van der Waals surface area contributed by atoms with Crippen molar-refractivity contribution in [1.29, 1.82) is 0 Å². The molecule has 0 aliphatic carbocycles. The molecule has 1 saturated heterocycles. The monoisotopic (exact) mass is 201 g/mol. The van der Waals surface area contributed by atoms with E-state index in [9.17, 15) is 15.0 Å². The lowest BCUT2D eigenvalue weighted by Gasteiger charge is -2.30. The predicted molar refractivity (Wildman–Crippen MR) is 52.7 cm³/mol. The van der Waals surface area contributed by atoms with Gasteiger partial charge in [-0.2, -0.15) is 0 Å². The largest absolute Gasteiger partial charge is 0.394 e. The molecule has 4 heteroatoms. The number of hydrogen-bond donors (Lipinski definition) is 2. The number of carbonyl (C=O) groups is 1. The summed E-state index contributed by atoms with van der Waals surface area (Å²) in [6, 6.07) is -0.135. The summed E-state index contributed by atoms with van der Waals surface area (Å²) in [7, 11) is 0. The van der Waals surface area contributed by atoms with E-state index in [1.54, 1.807) is 4.90 Å². The molecule has 0 spiro atoms. The Morgan fingerprint density at radius 3 is 2.64 bits per heavy atom. The maximum absolute atomic E-state index is 11.5. The summed E-state index contributed by atoms with van der Waals surface area (Å²) in [6.07, 6.45) is 0.568. The summed E-state index contributed by atoms with van der Waals surface area (Å²) >= 11 is 0. The van der Waals surface area contributed by atoms with Crippen molar-refractivity contribution in [2.45, 2.75) is 38.8 Å². The Labute approximate surface area is 84.5 Å². The highest BCUT2D eigenvalue weighted by Gasteiger charge is 2.34. The van der Waals surface area contributed by atoms with Crippen LogP contribution in [0.2, 0.25) is 0 Å². The highest BCUT2D eigenvalue weighted by atomic mass is 16.3. The van der Waals surface area contributed by atoms with Gasteiger partial charge in [0, 0.05) is 6.54 Å². The standard InChI is InChI=1S/C10H19NO3/c1-3-7(2)9(6-12)11-5-8(13)4-10(11)14/h7-9,12-13H,3-6H2,1-2H3/t7-,8?,9+/m0/s1. The zero-order chi connectivity index (χ0) is 10.7. The van der Waals surface area contributed by atoms with Crippen LogP contribution in [0.1, 0.15) is 26.7 Å². The number of amides is 1. The SMILES string of the molecule is CC[C@H](C)[C@@H](CO)N1CC(O)CC1=O. The number of hydrogen-bond acceptors (Lipinski definition) is 3. The molecule has 14 heavy (non-hydrogen) atoms. The molecule has 82 valence electrons. The van der Waals surface area contributed by atoms with E-state index >= 15 is 0 Å². The third-order valence-corrected chi connectivity index (χ3v) is 3.03.